The van der Waals surface area contributed by atoms with Crippen LogP contribution in [0.2, 0.25) is 0 Å². The lowest BCUT2D eigenvalue weighted by atomic mass is 10.4. The number of ether oxygens (including phenoxy) is 1. The molecule has 0 atom stereocenters. The maximum absolute atomic E-state index is 10.6. The summed E-state index contributed by atoms with van der Waals surface area (Å²) in [6.07, 6.45) is -1.16. The topological polar surface area (TPSA) is 89.5 Å². The molecule has 8 heteroatoms. The molecular formula is C7H12O8. The van der Waals surface area contributed by atoms with Crippen molar-refractivity contribution in [3.63, 3.8) is 0 Å². The van der Waals surface area contributed by atoms with Crippen molar-refractivity contribution >= 4 is 12.3 Å². The zero-order valence-corrected chi connectivity index (χ0v) is 8.39. The first-order chi connectivity index (χ1) is 7.20. The second-order valence-corrected chi connectivity index (χ2v) is 2.18. The summed E-state index contributed by atoms with van der Waals surface area (Å²) in [4.78, 5) is 36.9. The maximum atomic E-state index is 10.6. The number of rotatable bonds is 6. The Kier molecular flexibility index (Phi) is 8.34. The van der Waals surface area contributed by atoms with E-state index in [1.54, 1.807) is 0 Å². The Balaban J connectivity index is 3.37. The van der Waals surface area contributed by atoms with Gasteiger partial charge in [-0.2, -0.15) is 14.6 Å². The molecule has 0 aliphatic heterocycles. The third kappa shape index (κ3) is 8.94. The van der Waals surface area contributed by atoms with Crippen LogP contribution >= 0.6 is 0 Å². The van der Waals surface area contributed by atoms with Gasteiger partial charge in [0.1, 0.15) is 0 Å². The Morgan fingerprint density at radius 1 is 1.13 bits per heavy atom. The summed E-state index contributed by atoms with van der Waals surface area (Å²) in [7, 11) is 1.07. The van der Waals surface area contributed by atoms with Gasteiger partial charge in [-0.1, -0.05) is 13.3 Å². The Morgan fingerprint density at radius 2 is 1.80 bits per heavy atom. The summed E-state index contributed by atoms with van der Waals surface area (Å²) in [6.45, 7) is 2.20. The molecule has 15 heavy (non-hydrogen) atoms. The fraction of sp³-hybridized carbons (Fsp3) is 0.714. The predicted molar refractivity (Wildman–Crippen MR) is 43.0 cm³/mol. The van der Waals surface area contributed by atoms with E-state index in [9.17, 15) is 9.59 Å². The van der Waals surface area contributed by atoms with Crippen molar-refractivity contribution in [2.24, 2.45) is 0 Å². The van der Waals surface area contributed by atoms with Gasteiger partial charge >= 0.3 is 12.3 Å². The summed E-state index contributed by atoms with van der Waals surface area (Å²) in [6, 6.07) is 0. The minimum atomic E-state index is -1.42. The Hall–Kier alpha value is -1.38. The summed E-state index contributed by atoms with van der Waals surface area (Å²) < 4.78 is 3.85. The average molecular weight is 224 g/mol. The molecule has 88 valence electrons. The van der Waals surface area contributed by atoms with E-state index in [0.29, 0.717) is 0 Å². The average Bonchev–Trinajstić information content (AvgIpc) is 2.17. The van der Waals surface area contributed by atoms with Crippen LogP contribution in [0.5, 0.6) is 0 Å². The standard InChI is InChI=1S/C7H12O8/c1-3-4-5-11-15-14-7(9)12-6(8)13-10-2/h3-5H2,1-2H3. The highest BCUT2D eigenvalue weighted by molar-refractivity contribution is 5.76. The molecule has 0 fully saturated rings. The van der Waals surface area contributed by atoms with Gasteiger partial charge in [0.2, 0.25) is 0 Å². The molecule has 0 aliphatic rings. The van der Waals surface area contributed by atoms with E-state index in [-0.39, 0.29) is 6.61 Å². The van der Waals surface area contributed by atoms with Gasteiger partial charge in [-0.3, -0.25) is 4.89 Å². The lowest BCUT2D eigenvalue weighted by Crippen LogP contribution is -2.15. The molecule has 0 aromatic carbocycles. The Labute approximate surface area is 85.7 Å². The van der Waals surface area contributed by atoms with Gasteiger partial charge < -0.3 is 4.74 Å². The third-order valence-corrected chi connectivity index (χ3v) is 1.05. The highest BCUT2D eigenvalue weighted by Gasteiger charge is 2.15. The number of unbranched alkanes of at least 4 members (excludes halogenated alkanes) is 1. The summed E-state index contributed by atoms with van der Waals surface area (Å²) in [5, 5.41) is 3.95. The van der Waals surface area contributed by atoms with Crippen LogP contribution in [0.25, 0.3) is 0 Å². The van der Waals surface area contributed by atoms with Gasteiger partial charge in [-0.15, -0.1) is 0 Å². The summed E-state index contributed by atoms with van der Waals surface area (Å²) in [5.74, 6) is 0. The molecule has 0 spiro atoms. The molecule has 0 rings (SSSR count). The van der Waals surface area contributed by atoms with E-state index in [1.165, 1.54) is 0 Å². The molecule has 0 aromatic rings. The molecule has 0 saturated carbocycles. The van der Waals surface area contributed by atoms with E-state index in [2.05, 4.69) is 29.3 Å². The lowest BCUT2D eigenvalue weighted by Gasteiger charge is -2.01. The van der Waals surface area contributed by atoms with Gasteiger partial charge in [0, 0.05) is 0 Å². The minimum absolute atomic E-state index is 0.256. The van der Waals surface area contributed by atoms with E-state index in [4.69, 9.17) is 0 Å². The minimum Gasteiger partial charge on any atom is -0.323 e. The van der Waals surface area contributed by atoms with Gasteiger partial charge in [0.15, 0.2) is 0 Å². The van der Waals surface area contributed by atoms with Crippen LogP contribution < -0.4 is 0 Å². The van der Waals surface area contributed by atoms with E-state index in [0.717, 1.165) is 20.0 Å². The fourth-order valence-electron chi connectivity index (χ4n) is 0.459. The van der Waals surface area contributed by atoms with Crippen molar-refractivity contribution in [1.82, 2.24) is 0 Å². The van der Waals surface area contributed by atoms with Crippen molar-refractivity contribution in [2.75, 3.05) is 13.7 Å². The van der Waals surface area contributed by atoms with Crippen LogP contribution in [0.1, 0.15) is 19.8 Å². The van der Waals surface area contributed by atoms with E-state index in [1.807, 2.05) is 6.92 Å². The molecule has 0 unspecified atom stereocenters. The monoisotopic (exact) mass is 224 g/mol. The summed E-state index contributed by atoms with van der Waals surface area (Å²) >= 11 is 0. The van der Waals surface area contributed by atoms with Crippen molar-refractivity contribution in [3.8, 4) is 0 Å². The Morgan fingerprint density at radius 3 is 2.40 bits per heavy atom. The Bertz CT molecular complexity index is 191. The molecule has 0 bridgehead atoms. The van der Waals surface area contributed by atoms with Crippen molar-refractivity contribution in [1.29, 1.82) is 0 Å². The SMILES string of the molecule is CCCCOOOC(=O)OC(=O)OOC. The smallest absolute Gasteiger partial charge is 0.323 e. The molecule has 0 radical (unpaired) electrons. The van der Waals surface area contributed by atoms with Crippen LogP contribution in [0, 0.1) is 0 Å². The molecule has 0 heterocycles. The van der Waals surface area contributed by atoms with Crippen LogP contribution in [-0.4, -0.2) is 26.0 Å². The highest BCUT2D eigenvalue weighted by atomic mass is 17.5. The predicted octanol–water partition coefficient (Wildman–Crippen LogP) is 1.50. The van der Waals surface area contributed by atoms with Crippen LogP contribution in [0.4, 0.5) is 9.59 Å². The number of carbonyl (C=O) groups excluding carboxylic acids is 2. The lowest BCUT2D eigenvalue weighted by molar-refractivity contribution is -0.485. The van der Waals surface area contributed by atoms with Gasteiger partial charge in [0.05, 0.1) is 13.7 Å². The molecule has 0 amide bonds. The quantitative estimate of drug-likeness (QED) is 0.220. The fourth-order valence-corrected chi connectivity index (χ4v) is 0.459. The zero-order valence-electron chi connectivity index (χ0n) is 8.39. The molecular weight excluding hydrogens is 212 g/mol. The summed E-state index contributed by atoms with van der Waals surface area (Å²) in [5.41, 5.74) is 0. The van der Waals surface area contributed by atoms with Gasteiger partial charge in [-0.25, -0.2) is 9.68 Å². The van der Waals surface area contributed by atoms with E-state index < -0.39 is 12.3 Å². The normalized spacial score (nSPS) is 9.47. The molecule has 8 nitrogen and oxygen atoms in total. The maximum Gasteiger partial charge on any atom is 0.553 e. The molecule has 0 aliphatic carbocycles. The van der Waals surface area contributed by atoms with Gasteiger partial charge in [0.25, 0.3) is 0 Å². The van der Waals surface area contributed by atoms with Crippen molar-refractivity contribution < 1.29 is 38.9 Å². The first-order valence-electron chi connectivity index (χ1n) is 4.13. The van der Waals surface area contributed by atoms with Crippen LogP contribution in [-0.2, 0) is 29.3 Å². The third-order valence-electron chi connectivity index (χ3n) is 1.05. The molecule has 0 aromatic heterocycles. The first kappa shape index (κ1) is 13.6. The zero-order chi connectivity index (χ0) is 11.5. The first-order valence-corrected chi connectivity index (χ1v) is 4.13. The number of hydrogen-bond acceptors (Lipinski definition) is 8. The molecule has 0 saturated heterocycles. The second kappa shape index (κ2) is 9.19. The van der Waals surface area contributed by atoms with Crippen LogP contribution in [0.3, 0.4) is 0 Å². The van der Waals surface area contributed by atoms with Crippen molar-refractivity contribution in [3.05, 3.63) is 0 Å². The largest absolute Gasteiger partial charge is 0.553 e. The van der Waals surface area contributed by atoms with Crippen molar-refractivity contribution in [2.45, 2.75) is 19.8 Å². The van der Waals surface area contributed by atoms with E-state index >= 15 is 0 Å². The number of carbonyl (C=O) groups is 2. The van der Waals surface area contributed by atoms with Gasteiger partial charge in [-0.05, 0) is 11.5 Å². The molecule has 0 N–H and O–H groups in total. The van der Waals surface area contributed by atoms with Crippen LogP contribution in [0.15, 0.2) is 0 Å². The second-order valence-electron chi connectivity index (χ2n) is 2.18. The highest BCUT2D eigenvalue weighted by Crippen LogP contribution is 1.94. The number of hydrogen-bond donors (Lipinski definition) is 0.